The van der Waals surface area contributed by atoms with Gasteiger partial charge in [-0.15, -0.1) is 0 Å². The molecule has 0 aliphatic carbocycles. The summed E-state index contributed by atoms with van der Waals surface area (Å²) in [5.41, 5.74) is 0.677. The molecule has 0 N–H and O–H groups in total. The molecule has 0 saturated heterocycles. The van der Waals surface area contributed by atoms with Gasteiger partial charge in [0.1, 0.15) is 5.56 Å². The fraction of sp³-hybridized carbons (Fsp3) is 0.125. The molecule has 0 aliphatic rings. The number of nitrogens with zero attached hydrogens (tertiary/aromatic N) is 1. The molecular weight excluding hydrogens is 286 g/mol. The van der Waals surface area contributed by atoms with E-state index in [9.17, 15) is 19.7 Å². The Morgan fingerprint density at radius 2 is 1.77 bits per heavy atom. The number of hydrogen-bond acceptors (Lipinski definition) is 5. The van der Waals surface area contributed by atoms with Crippen LogP contribution < -0.4 is 0 Å². The molecule has 6 heteroatoms. The topological polar surface area (TPSA) is 86.5 Å². The number of nitro benzene ring substituents is 1. The third kappa shape index (κ3) is 3.17. The van der Waals surface area contributed by atoms with Crippen LogP contribution in [0.3, 0.4) is 0 Å². The minimum atomic E-state index is -1.10. The van der Waals surface area contributed by atoms with Gasteiger partial charge in [0.05, 0.1) is 11.5 Å². The molecule has 22 heavy (non-hydrogen) atoms. The first-order valence-electron chi connectivity index (χ1n) is 6.60. The molecule has 0 heterocycles. The minimum Gasteiger partial charge on any atom is -0.460 e. The summed E-state index contributed by atoms with van der Waals surface area (Å²) >= 11 is 0. The molecule has 0 aliphatic heterocycles. The number of ether oxygens (including phenoxy) is 1. The van der Waals surface area contributed by atoms with E-state index in [4.69, 9.17) is 0 Å². The summed E-state index contributed by atoms with van der Waals surface area (Å²) in [4.78, 5) is 33.9. The van der Waals surface area contributed by atoms with Gasteiger partial charge in [-0.3, -0.25) is 14.9 Å². The van der Waals surface area contributed by atoms with Gasteiger partial charge < -0.3 is 4.74 Å². The first-order valence-corrected chi connectivity index (χ1v) is 6.60. The smallest absolute Gasteiger partial charge is 0.379 e. The Labute approximate surface area is 126 Å². The second kappa shape index (κ2) is 6.62. The van der Waals surface area contributed by atoms with Crippen LogP contribution in [-0.4, -0.2) is 23.3 Å². The zero-order valence-electron chi connectivity index (χ0n) is 11.8. The molecule has 0 fully saturated rings. The maximum atomic E-state index is 11.9. The maximum absolute atomic E-state index is 11.9. The van der Waals surface area contributed by atoms with Crippen molar-refractivity contribution in [2.45, 2.75) is 6.92 Å². The van der Waals surface area contributed by atoms with Crippen LogP contribution in [0.2, 0.25) is 0 Å². The predicted molar refractivity (Wildman–Crippen MR) is 79.5 cm³/mol. The average Bonchev–Trinajstić information content (AvgIpc) is 2.54. The number of carbonyl (C=O) groups is 2. The lowest BCUT2D eigenvalue weighted by molar-refractivity contribution is -0.385. The molecule has 0 bridgehead atoms. The zero-order chi connectivity index (χ0) is 16.1. The Hall–Kier alpha value is -3.02. The van der Waals surface area contributed by atoms with Crippen LogP contribution >= 0.6 is 0 Å². The van der Waals surface area contributed by atoms with Gasteiger partial charge in [-0.1, -0.05) is 36.4 Å². The number of carbonyl (C=O) groups excluding carboxylic acids is 2. The third-order valence-corrected chi connectivity index (χ3v) is 3.01. The van der Waals surface area contributed by atoms with Gasteiger partial charge in [0.2, 0.25) is 0 Å². The third-order valence-electron chi connectivity index (χ3n) is 3.01. The van der Waals surface area contributed by atoms with Gasteiger partial charge in [0.25, 0.3) is 11.5 Å². The second-order valence-electron chi connectivity index (χ2n) is 4.40. The Morgan fingerprint density at radius 3 is 2.36 bits per heavy atom. The predicted octanol–water partition coefficient (Wildman–Crippen LogP) is 3.01. The van der Waals surface area contributed by atoms with Gasteiger partial charge in [-0.2, -0.15) is 0 Å². The molecule has 0 amide bonds. The van der Waals surface area contributed by atoms with Crippen LogP contribution in [0, 0.1) is 10.1 Å². The summed E-state index contributed by atoms with van der Waals surface area (Å²) in [6, 6.07) is 13.2. The SMILES string of the molecule is CCOC(=O)C(=O)c1ccc(-c2ccccc2)cc1[N+](=O)[O-]. The van der Waals surface area contributed by atoms with Crippen molar-refractivity contribution >= 4 is 17.4 Å². The molecule has 0 radical (unpaired) electrons. The van der Waals surface area contributed by atoms with Crippen molar-refractivity contribution in [3.8, 4) is 11.1 Å². The fourth-order valence-electron chi connectivity index (χ4n) is 1.99. The van der Waals surface area contributed by atoms with E-state index in [1.54, 1.807) is 37.3 Å². The summed E-state index contributed by atoms with van der Waals surface area (Å²) < 4.78 is 4.60. The summed E-state index contributed by atoms with van der Waals surface area (Å²) in [6.07, 6.45) is 0. The van der Waals surface area contributed by atoms with Crippen molar-refractivity contribution in [3.05, 3.63) is 64.2 Å². The summed E-state index contributed by atoms with van der Waals surface area (Å²) in [6.45, 7) is 1.58. The van der Waals surface area contributed by atoms with Gasteiger partial charge >= 0.3 is 5.97 Å². The van der Waals surface area contributed by atoms with Gasteiger partial charge in [-0.05, 0) is 24.1 Å². The standard InChI is InChI=1S/C16H13NO5/c1-2-22-16(19)15(18)13-9-8-12(10-14(13)17(20)21)11-6-4-3-5-7-11/h3-10H,2H2,1H3. The molecule has 0 unspecified atom stereocenters. The van der Waals surface area contributed by atoms with Crippen molar-refractivity contribution in [2.24, 2.45) is 0 Å². The molecule has 0 aromatic heterocycles. The van der Waals surface area contributed by atoms with Crippen molar-refractivity contribution in [1.29, 1.82) is 0 Å². The summed E-state index contributed by atoms with van der Waals surface area (Å²) in [5, 5.41) is 11.2. The molecule has 0 spiro atoms. The number of rotatable bonds is 5. The molecule has 2 aromatic rings. The van der Waals surface area contributed by atoms with E-state index in [0.717, 1.165) is 5.56 Å². The molecule has 2 aromatic carbocycles. The lowest BCUT2D eigenvalue weighted by Crippen LogP contribution is -2.18. The quantitative estimate of drug-likeness (QED) is 0.278. The average molecular weight is 299 g/mol. The van der Waals surface area contributed by atoms with Crippen molar-refractivity contribution < 1.29 is 19.2 Å². The summed E-state index contributed by atoms with van der Waals surface area (Å²) in [5.74, 6) is -2.12. The fourth-order valence-corrected chi connectivity index (χ4v) is 1.99. The number of benzene rings is 2. The van der Waals surface area contributed by atoms with Crippen molar-refractivity contribution in [3.63, 3.8) is 0 Å². The monoisotopic (exact) mass is 299 g/mol. The van der Waals surface area contributed by atoms with E-state index in [1.165, 1.54) is 12.1 Å². The second-order valence-corrected chi connectivity index (χ2v) is 4.40. The minimum absolute atomic E-state index is 0.0282. The van der Waals surface area contributed by atoms with E-state index in [2.05, 4.69) is 4.74 Å². The van der Waals surface area contributed by atoms with Crippen LogP contribution in [0.15, 0.2) is 48.5 Å². The Kier molecular flexibility index (Phi) is 4.63. The van der Waals surface area contributed by atoms with E-state index >= 15 is 0 Å². The highest BCUT2D eigenvalue weighted by molar-refractivity contribution is 6.41. The van der Waals surface area contributed by atoms with Crippen LogP contribution in [-0.2, 0) is 9.53 Å². The van der Waals surface area contributed by atoms with Crippen LogP contribution in [0.25, 0.3) is 11.1 Å². The lowest BCUT2D eigenvalue weighted by Gasteiger charge is -2.05. The van der Waals surface area contributed by atoms with Gasteiger partial charge in [0.15, 0.2) is 0 Å². The number of hydrogen-bond donors (Lipinski definition) is 0. The largest absolute Gasteiger partial charge is 0.460 e. The van der Waals surface area contributed by atoms with Gasteiger partial charge in [-0.25, -0.2) is 4.79 Å². The van der Waals surface area contributed by atoms with Crippen molar-refractivity contribution in [1.82, 2.24) is 0 Å². The van der Waals surface area contributed by atoms with Crippen molar-refractivity contribution in [2.75, 3.05) is 6.61 Å². The number of ketones is 1. The molecular formula is C16H13NO5. The molecule has 0 atom stereocenters. The Bertz CT molecular complexity index is 725. The van der Waals surface area contributed by atoms with E-state index in [-0.39, 0.29) is 12.2 Å². The summed E-state index contributed by atoms with van der Waals surface area (Å²) in [7, 11) is 0. The number of nitro groups is 1. The van der Waals surface area contributed by atoms with Crippen LogP contribution in [0.5, 0.6) is 0 Å². The normalized spacial score (nSPS) is 10.0. The molecule has 112 valence electrons. The molecule has 0 saturated carbocycles. The highest BCUT2D eigenvalue weighted by Crippen LogP contribution is 2.27. The first-order chi connectivity index (χ1) is 10.5. The van der Waals surface area contributed by atoms with E-state index in [0.29, 0.717) is 5.56 Å². The highest BCUT2D eigenvalue weighted by Gasteiger charge is 2.27. The molecule has 6 nitrogen and oxygen atoms in total. The maximum Gasteiger partial charge on any atom is 0.379 e. The van der Waals surface area contributed by atoms with E-state index < -0.39 is 22.4 Å². The Morgan fingerprint density at radius 1 is 1.09 bits per heavy atom. The van der Waals surface area contributed by atoms with Gasteiger partial charge in [0, 0.05) is 6.07 Å². The van der Waals surface area contributed by atoms with E-state index in [1.807, 2.05) is 6.07 Å². The molecule has 2 rings (SSSR count). The van der Waals surface area contributed by atoms with Crippen LogP contribution in [0.1, 0.15) is 17.3 Å². The first kappa shape index (κ1) is 15.4. The number of Topliss-reactive ketones (excluding diaryl/α,β-unsaturated/α-hetero) is 1. The lowest BCUT2D eigenvalue weighted by atomic mass is 10.0. The Balaban J connectivity index is 2.47. The number of esters is 1. The van der Waals surface area contributed by atoms with Crippen LogP contribution in [0.4, 0.5) is 5.69 Å². The highest BCUT2D eigenvalue weighted by atomic mass is 16.6. The zero-order valence-corrected chi connectivity index (χ0v) is 11.8.